The summed E-state index contributed by atoms with van der Waals surface area (Å²) in [6.45, 7) is 16.9. The molecule has 3 aromatic heterocycles. The van der Waals surface area contributed by atoms with Crippen LogP contribution in [0.1, 0.15) is 199 Å². The number of aromatic nitrogens is 6. The monoisotopic (exact) mass is 1490 g/mol. The van der Waals surface area contributed by atoms with Crippen molar-refractivity contribution >= 4 is 87.5 Å². The summed E-state index contributed by atoms with van der Waals surface area (Å²) in [7, 11) is 0. The standard InChI is InChI=1S/2C28H30ClF2N3O.C28H24ClF2N3O/c3*1-17(15-20-9-11-22(29)12-10-20)27-18(2)26(28(35)32-19(3)21-7-5-4-6-8-21)33-34(27)25-14-13-23(30)16-24(25)31/h2*9-16,19,21H,4-8H2,1-3H3,(H,32,35);4-16,19H,1-3H3,(H,32,35)/b3*17-15+/t3*19-/m101/s1. The summed E-state index contributed by atoms with van der Waals surface area (Å²) in [5.41, 5.74) is 10.3. The molecule has 0 aliphatic heterocycles. The summed E-state index contributed by atoms with van der Waals surface area (Å²) in [5.74, 6) is -4.42. The van der Waals surface area contributed by atoms with Gasteiger partial charge in [0.05, 0.1) is 23.1 Å². The fourth-order valence-electron chi connectivity index (χ4n) is 13.8. The smallest absolute Gasteiger partial charge is 0.272 e. The van der Waals surface area contributed by atoms with Crippen molar-refractivity contribution in [3.8, 4) is 17.1 Å². The third kappa shape index (κ3) is 19.4. The van der Waals surface area contributed by atoms with Gasteiger partial charge in [0.1, 0.15) is 34.5 Å². The summed E-state index contributed by atoms with van der Waals surface area (Å²) in [4.78, 5) is 39.8. The van der Waals surface area contributed by atoms with Crippen molar-refractivity contribution in [1.29, 1.82) is 0 Å². The molecule has 7 aromatic carbocycles. The van der Waals surface area contributed by atoms with Crippen LogP contribution in [-0.4, -0.2) is 59.1 Å². The first-order valence-electron chi connectivity index (χ1n) is 35.2. The van der Waals surface area contributed by atoms with Crippen LogP contribution in [0.4, 0.5) is 26.3 Å². The molecule has 2 aliphatic carbocycles. The molecule has 2 saturated carbocycles. The number of nitrogens with zero attached hydrogens (tertiary/aromatic N) is 6. The van der Waals surface area contributed by atoms with Gasteiger partial charge in [0, 0.05) is 62.0 Å². The highest BCUT2D eigenvalue weighted by Crippen LogP contribution is 2.35. The normalized spacial score (nSPS) is 14.7. The van der Waals surface area contributed by atoms with E-state index in [0.29, 0.717) is 60.7 Å². The van der Waals surface area contributed by atoms with Crippen molar-refractivity contribution < 1.29 is 40.7 Å². The Balaban J connectivity index is 0.000000169. The van der Waals surface area contributed by atoms with Crippen molar-refractivity contribution in [2.75, 3.05) is 0 Å². The van der Waals surface area contributed by atoms with Gasteiger partial charge in [-0.15, -0.1) is 0 Å². The molecule has 3 N–H and O–H groups in total. The molecule has 21 heteroatoms. The largest absolute Gasteiger partial charge is 0.348 e. The second-order valence-electron chi connectivity index (χ2n) is 27.1. The van der Waals surface area contributed by atoms with Gasteiger partial charge < -0.3 is 16.0 Å². The van der Waals surface area contributed by atoms with Gasteiger partial charge in [-0.1, -0.05) is 140 Å². The van der Waals surface area contributed by atoms with Crippen molar-refractivity contribution in [1.82, 2.24) is 45.3 Å². The first-order chi connectivity index (χ1) is 50.2. The average molecular weight is 1490 g/mol. The van der Waals surface area contributed by atoms with Crippen molar-refractivity contribution in [3.63, 3.8) is 0 Å². The van der Waals surface area contributed by atoms with Crippen LogP contribution in [0.25, 0.3) is 52.0 Å². The molecule has 3 amide bonds. The lowest BCUT2D eigenvalue weighted by Crippen LogP contribution is -2.39. The van der Waals surface area contributed by atoms with Gasteiger partial charge in [-0.05, 0) is 230 Å². The number of benzene rings is 7. The predicted octanol–water partition coefficient (Wildman–Crippen LogP) is 21.9. The highest BCUT2D eigenvalue weighted by atomic mass is 35.5. The first-order valence-corrected chi connectivity index (χ1v) is 36.3. The first kappa shape index (κ1) is 77.9. The lowest BCUT2D eigenvalue weighted by atomic mass is 9.84. The van der Waals surface area contributed by atoms with Crippen LogP contribution < -0.4 is 16.0 Å². The zero-order valence-corrected chi connectivity index (χ0v) is 62.3. The molecule has 0 bridgehead atoms. The summed E-state index contributed by atoms with van der Waals surface area (Å²) < 4.78 is 89.4. The van der Waals surface area contributed by atoms with E-state index in [9.17, 15) is 40.7 Å². The molecule has 12 nitrogen and oxygen atoms in total. The second kappa shape index (κ2) is 35.4. The number of allylic oxidation sites excluding steroid dienone is 3. The zero-order chi connectivity index (χ0) is 75.3. The van der Waals surface area contributed by atoms with E-state index in [1.807, 2.05) is 127 Å². The maximum Gasteiger partial charge on any atom is 0.272 e. The van der Waals surface area contributed by atoms with Crippen LogP contribution in [0.5, 0.6) is 0 Å². The third-order valence-corrected chi connectivity index (χ3v) is 20.1. The lowest BCUT2D eigenvalue weighted by Gasteiger charge is -2.28. The van der Waals surface area contributed by atoms with Gasteiger partial charge in [-0.25, -0.2) is 40.4 Å². The molecule has 10 aromatic rings. The Morgan fingerprint density at radius 3 is 0.981 bits per heavy atom. The Morgan fingerprint density at radius 1 is 0.410 bits per heavy atom. The quantitative estimate of drug-likeness (QED) is 0.0731. The Morgan fingerprint density at radius 2 is 0.695 bits per heavy atom. The highest BCUT2D eigenvalue weighted by Gasteiger charge is 2.31. The molecule has 2 aliphatic rings. The maximum absolute atomic E-state index is 14.8. The maximum atomic E-state index is 14.8. The van der Waals surface area contributed by atoms with E-state index in [1.165, 1.54) is 82.9 Å². The number of amides is 3. The van der Waals surface area contributed by atoms with Crippen LogP contribution >= 0.6 is 34.8 Å². The van der Waals surface area contributed by atoms with Crippen LogP contribution in [0.15, 0.2) is 158 Å². The van der Waals surface area contributed by atoms with Crippen LogP contribution in [0.2, 0.25) is 15.1 Å². The number of rotatable bonds is 18. The van der Waals surface area contributed by atoms with E-state index in [-0.39, 0.29) is 70.0 Å². The highest BCUT2D eigenvalue weighted by molar-refractivity contribution is 6.31. The van der Waals surface area contributed by atoms with Gasteiger partial charge in [0.15, 0.2) is 34.5 Å². The summed E-state index contributed by atoms with van der Waals surface area (Å²) in [6.07, 6.45) is 17.4. The number of halogens is 9. The van der Waals surface area contributed by atoms with Gasteiger partial charge in [0.25, 0.3) is 17.7 Å². The molecule has 12 rings (SSSR count). The zero-order valence-electron chi connectivity index (χ0n) is 60.0. The number of nitrogens with one attached hydrogen (secondary N) is 3. The van der Waals surface area contributed by atoms with Crippen LogP contribution in [0.3, 0.4) is 0 Å². The molecule has 546 valence electrons. The summed E-state index contributed by atoms with van der Waals surface area (Å²) >= 11 is 18.0. The number of carbonyl (C=O) groups is 3. The minimum Gasteiger partial charge on any atom is -0.348 e. The van der Waals surface area contributed by atoms with E-state index in [0.717, 1.165) is 88.9 Å². The summed E-state index contributed by atoms with van der Waals surface area (Å²) in [6, 6.07) is 41.2. The lowest BCUT2D eigenvalue weighted by molar-refractivity contribution is 0.0905. The molecule has 0 spiro atoms. The molecule has 3 atom stereocenters. The van der Waals surface area contributed by atoms with E-state index < -0.39 is 34.9 Å². The fourth-order valence-corrected chi connectivity index (χ4v) is 14.2. The Bertz CT molecular complexity index is 4650. The topological polar surface area (TPSA) is 141 Å². The molecule has 3 heterocycles. The molecular weight excluding hydrogens is 1400 g/mol. The second-order valence-corrected chi connectivity index (χ2v) is 28.4. The van der Waals surface area contributed by atoms with Gasteiger partial charge in [0.2, 0.25) is 0 Å². The molecule has 0 unspecified atom stereocenters. The molecule has 0 saturated heterocycles. The van der Waals surface area contributed by atoms with Crippen molar-refractivity contribution in [2.45, 2.75) is 145 Å². The van der Waals surface area contributed by atoms with E-state index in [4.69, 9.17) is 34.8 Å². The van der Waals surface area contributed by atoms with E-state index in [2.05, 4.69) is 31.2 Å². The van der Waals surface area contributed by atoms with Crippen molar-refractivity contribution in [3.05, 3.63) is 281 Å². The fraction of sp³-hybridized carbons (Fsp3) is 0.286. The predicted molar refractivity (Wildman–Crippen MR) is 409 cm³/mol. The average Bonchev–Trinajstić information content (AvgIpc) is 1.64. The molecule has 2 fully saturated rings. The van der Waals surface area contributed by atoms with E-state index >= 15 is 0 Å². The molecule has 0 radical (unpaired) electrons. The van der Waals surface area contributed by atoms with Gasteiger partial charge >= 0.3 is 0 Å². The Kier molecular flexibility index (Phi) is 26.2. The number of carbonyl (C=O) groups excluding carboxylic acids is 3. The van der Waals surface area contributed by atoms with Gasteiger partial charge in [-0.3, -0.25) is 14.4 Å². The molecule has 105 heavy (non-hydrogen) atoms. The molecular formula is C84H84Cl3F6N9O3. The summed E-state index contributed by atoms with van der Waals surface area (Å²) in [5, 5.41) is 24.6. The number of hydrogen-bond acceptors (Lipinski definition) is 6. The Hall–Kier alpha value is -9.75. The van der Waals surface area contributed by atoms with Gasteiger partial charge in [-0.2, -0.15) is 15.3 Å². The number of hydrogen-bond donors (Lipinski definition) is 3. The SMILES string of the molecule is C/C(=C\c1ccc(Cl)cc1)c1c(C)c(C(=O)N[C@@H](C)C2CCCCC2)nn1-c1ccc(F)cc1F.C/C(=C\c1ccc(Cl)cc1)c1c(C)c(C(=O)N[C@H](C)C2CCCCC2)nn1-c1ccc(F)cc1F.C/C(=C\c1ccc(Cl)cc1)c1c(C)c(C(=O)N[C@H](C)c2ccccc2)nn1-c1ccc(F)cc1F. The van der Waals surface area contributed by atoms with Crippen molar-refractivity contribution in [2.24, 2.45) is 11.8 Å². The van der Waals surface area contributed by atoms with Crippen LogP contribution in [0, 0.1) is 67.5 Å². The Labute approximate surface area is 624 Å². The minimum absolute atomic E-state index is 0.0177. The van der Waals surface area contributed by atoms with E-state index in [1.54, 1.807) is 57.2 Å². The third-order valence-electron chi connectivity index (χ3n) is 19.4. The minimum atomic E-state index is -0.780. The van der Waals surface area contributed by atoms with Crippen LogP contribution in [-0.2, 0) is 0 Å².